The topological polar surface area (TPSA) is 211 Å². The second-order valence-corrected chi connectivity index (χ2v) is 7.28. The SMILES string of the molecule is C=Cc1nc2c(=O)[nH]c(N)nc2n1[C@@H]1O[C@H](C(O)C(C)=O)[C@](O)(C(C)=O)[C@]1(O)C(C)=O. The average molecular weight is 435 g/mol. The lowest BCUT2D eigenvalue weighted by atomic mass is 9.73. The summed E-state index contributed by atoms with van der Waals surface area (Å²) in [5, 5.41) is 33.0. The molecule has 13 nitrogen and oxygen atoms in total. The lowest BCUT2D eigenvalue weighted by molar-refractivity contribution is -0.184. The number of aromatic amines is 1. The third-order valence-corrected chi connectivity index (χ3v) is 5.42. The Bertz CT molecular complexity index is 1190. The van der Waals surface area contributed by atoms with Crippen LogP contribution in [-0.2, 0) is 19.1 Å². The zero-order valence-corrected chi connectivity index (χ0v) is 16.8. The number of carbonyl (C=O) groups excluding carboxylic acids is 3. The Labute approximate surface area is 174 Å². The van der Waals surface area contributed by atoms with E-state index in [1.807, 2.05) is 0 Å². The molecule has 31 heavy (non-hydrogen) atoms. The van der Waals surface area contributed by atoms with Crippen molar-refractivity contribution >= 4 is 40.5 Å². The van der Waals surface area contributed by atoms with E-state index in [9.17, 15) is 34.5 Å². The first-order chi connectivity index (χ1) is 14.3. The zero-order valence-electron chi connectivity index (χ0n) is 16.8. The van der Waals surface area contributed by atoms with Crippen LogP contribution in [0.4, 0.5) is 5.95 Å². The van der Waals surface area contributed by atoms with Crippen molar-refractivity contribution in [3.05, 3.63) is 22.8 Å². The number of fused-ring (bicyclic) bond motifs is 1. The van der Waals surface area contributed by atoms with Crippen LogP contribution in [0.1, 0.15) is 32.8 Å². The van der Waals surface area contributed by atoms with E-state index in [0.29, 0.717) is 0 Å². The number of aromatic nitrogens is 4. The van der Waals surface area contributed by atoms with Crippen molar-refractivity contribution in [3.8, 4) is 0 Å². The summed E-state index contributed by atoms with van der Waals surface area (Å²) in [5.74, 6) is -3.63. The molecule has 2 aromatic rings. The first-order valence-corrected chi connectivity index (χ1v) is 9.03. The minimum absolute atomic E-state index is 0.132. The van der Waals surface area contributed by atoms with Gasteiger partial charge >= 0.3 is 0 Å². The molecule has 0 spiro atoms. The standard InChI is InChI=1S/C18H21N5O8/c1-5-9-20-10-13(21-16(19)22-14(10)28)23(9)15-18(30,8(4)26)17(29,7(3)25)12(31-15)11(27)6(2)24/h5,11-12,15,27,29-30H,1H2,2-4H3,(H3,19,21,22,28)/t11?,12-,15-,17-,18+/m1/s1. The molecule has 3 heterocycles. The van der Waals surface area contributed by atoms with Crippen molar-refractivity contribution in [2.75, 3.05) is 5.73 Å². The zero-order chi connectivity index (χ0) is 23.5. The fraction of sp³-hybridized carbons (Fsp3) is 0.444. The molecule has 1 unspecified atom stereocenters. The number of ketones is 3. The number of aliphatic hydroxyl groups excluding tert-OH is 1. The van der Waals surface area contributed by atoms with Gasteiger partial charge in [-0.3, -0.25) is 28.7 Å². The van der Waals surface area contributed by atoms with Crippen LogP contribution in [0.3, 0.4) is 0 Å². The van der Waals surface area contributed by atoms with Gasteiger partial charge in [0.15, 0.2) is 40.3 Å². The van der Waals surface area contributed by atoms with Crippen LogP contribution in [0.15, 0.2) is 11.4 Å². The molecule has 166 valence electrons. The van der Waals surface area contributed by atoms with E-state index in [0.717, 1.165) is 31.4 Å². The van der Waals surface area contributed by atoms with Gasteiger partial charge in [0.05, 0.1) is 0 Å². The van der Waals surface area contributed by atoms with Crippen molar-refractivity contribution in [1.82, 2.24) is 19.5 Å². The molecular weight excluding hydrogens is 414 g/mol. The summed E-state index contributed by atoms with van der Waals surface area (Å²) < 4.78 is 6.52. The molecule has 0 saturated carbocycles. The number of anilines is 1. The van der Waals surface area contributed by atoms with Gasteiger partial charge in [-0.05, 0) is 26.8 Å². The van der Waals surface area contributed by atoms with Gasteiger partial charge in [-0.25, -0.2) is 4.98 Å². The summed E-state index contributed by atoms with van der Waals surface area (Å²) >= 11 is 0. The maximum atomic E-state index is 12.6. The number of aliphatic hydroxyl groups is 3. The average Bonchev–Trinajstić information content (AvgIpc) is 3.16. The van der Waals surface area contributed by atoms with Gasteiger partial charge in [-0.1, -0.05) is 6.58 Å². The number of nitrogens with two attached hydrogens (primary N) is 1. The highest BCUT2D eigenvalue weighted by atomic mass is 16.6. The molecule has 5 atom stereocenters. The van der Waals surface area contributed by atoms with Gasteiger partial charge in [0.2, 0.25) is 11.5 Å². The Kier molecular flexibility index (Phi) is 5.18. The van der Waals surface area contributed by atoms with Crippen LogP contribution < -0.4 is 11.3 Å². The third-order valence-electron chi connectivity index (χ3n) is 5.42. The van der Waals surface area contributed by atoms with E-state index in [1.54, 1.807) is 0 Å². The molecule has 0 aromatic carbocycles. The minimum atomic E-state index is -3.03. The Morgan fingerprint density at radius 2 is 1.81 bits per heavy atom. The maximum absolute atomic E-state index is 12.6. The Hall–Kier alpha value is -3.26. The number of Topliss-reactive ketones (excluding diaryl/α,β-unsaturated/α-hetero) is 3. The highest BCUT2D eigenvalue weighted by Crippen LogP contribution is 2.49. The van der Waals surface area contributed by atoms with Gasteiger partial charge in [-0.2, -0.15) is 4.98 Å². The summed E-state index contributed by atoms with van der Waals surface area (Å²) in [4.78, 5) is 59.3. The highest BCUT2D eigenvalue weighted by molar-refractivity contribution is 6.00. The summed E-state index contributed by atoms with van der Waals surface area (Å²) in [6, 6.07) is 0. The van der Waals surface area contributed by atoms with E-state index >= 15 is 0 Å². The fourth-order valence-corrected chi connectivity index (χ4v) is 3.81. The van der Waals surface area contributed by atoms with E-state index in [-0.39, 0.29) is 22.9 Å². The minimum Gasteiger partial charge on any atom is -0.382 e. The quantitative estimate of drug-likeness (QED) is 0.329. The largest absolute Gasteiger partial charge is 0.382 e. The van der Waals surface area contributed by atoms with Gasteiger partial charge in [-0.15, -0.1) is 0 Å². The van der Waals surface area contributed by atoms with Crippen LogP contribution in [0, 0.1) is 0 Å². The summed E-state index contributed by atoms with van der Waals surface area (Å²) in [7, 11) is 0. The molecule has 0 radical (unpaired) electrons. The molecule has 1 aliphatic heterocycles. The number of imidazole rings is 1. The van der Waals surface area contributed by atoms with Crippen molar-refractivity contribution in [2.24, 2.45) is 0 Å². The number of rotatable bonds is 6. The molecule has 1 aliphatic rings. The number of hydrogen-bond donors (Lipinski definition) is 5. The monoisotopic (exact) mass is 435 g/mol. The smallest absolute Gasteiger partial charge is 0.280 e. The van der Waals surface area contributed by atoms with E-state index in [2.05, 4.69) is 21.5 Å². The van der Waals surface area contributed by atoms with E-state index < -0.39 is 52.5 Å². The van der Waals surface area contributed by atoms with Crippen LogP contribution in [0.2, 0.25) is 0 Å². The van der Waals surface area contributed by atoms with Crippen LogP contribution in [-0.4, -0.2) is 75.6 Å². The second kappa shape index (κ2) is 7.16. The van der Waals surface area contributed by atoms with Crippen molar-refractivity contribution < 1.29 is 34.4 Å². The van der Waals surface area contributed by atoms with Gasteiger partial charge < -0.3 is 25.8 Å². The van der Waals surface area contributed by atoms with E-state index in [4.69, 9.17) is 10.5 Å². The van der Waals surface area contributed by atoms with E-state index in [1.165, 1.54) is 0 Å². The van der Waals surface area contributed by atoms with Crippen LogP contribution in [0.5, 0.6) is 0 Å². The molecule has 0 aliphatic carbocycles. The molecule has 0 bridgehead atoms. The third kappa shape index (κ3) is 2.85. The molecular formula is C18H21N5O8. The van der Waals surface area contributed by atoms with Crippen molar-refractivity contribution in [2.45, 2.75) is 50.4 Å². The number of H-pyrrole nitrogens is 1. The van der Waals surface area contributed by atoms with Gasteiger partial charge in [0, 0.05) is 0 Å². The van der Waals surface area contributed by atoms with Crippen LogP contribution in [0.25, 0.3) is 17.2 Å². The maximum Gasteiger partial charge on any atom is 0.280 e. The number of hydrogen-bond acceptors (Lipinski definition) is 11. The number of ether oxygens (including phenoxy) is 1. The normalized spacial score (nSPS) is 29.1. The second-order valence-electron chi connectivity index (χ2n) is 7.28. The molecule has 1 saturated heterocycles. The molecule has 1 fully saturated rings. The lowest BCUT2D eigenvalue weighted by Crippen LogP contribution is -2.67. The molecule has 2 aromatic heterocycles. The fourth-order valence-electron chi connectivity index (χ4n) is 3.81. The summed E-state index contributed by atoms with van der Waals surface area (Å²) in [5.41, 5.74) is -1.72. The van der Waals surface area contributed by atoms with Crippen molar-refractivity contribution in [1.29, 1.82) is 0 Å². The molecule has 0 amide bonds. The number of carbonyl (C=O) groups is 3. The Morgan fingerprint density at radius 3 is 2.29 bits per heavy atom. The number of nitrogen functional groups attached to an aromatic ring is 1. The van der Waals surface area contributed by atoms with Gasteiger partial charge in [0.25, 0.3) is 5.56 Å². The first kappa shape index (κ1) is 22.4. The Balaban J connectivity index is 2.42. The summed E-state index contributed by atoms with van der Waals surface area (Å²) in [6.07, 6.45) is -4.91. The van der Waals surface area contributed by atoms with Gasteiger partial charge in [0.1, 0.15) is 18.0 Å². The van der Waals surface area contributed by atoms with Crippen molar-refractivity contribution in [3.63, 3.8) is 0 Å². The number of nitrogens with one attached hydrogen (secondary N) is 1. The van der Waals surface area contributed by atoms with Crippen LogP contribution >= 0.6 is 0 Å². The molecule has 6 N–H and O–H groups in total. The predicted octanol–water partition coefficient (Wildman–Crippen LogP) is -2.17. The lowest BCUT2D eigenvalue weighted by Gasteiger charge is -2.38. The first-order valence-electron chi connectivity index (χ1n) is 9.03. The highest BCUT2D eigenvalue weighted by Gasteiger charge is 2.73. The number of nitrogens with zero attached hydrogens (tertiary/aromatic N) is 3. The molecule has 13 heteroatoms. The Morgan fingerprint density at radius 1 is 1.23 bits per heavy atom. The summed E-state index contributed by atoms with van der Waals surface area (Å²) in [6.45, 7) is 6.26. The predicted molar refractivity (Wildman–Crippen MR) is 105 cm³/mol. The molecule has 3 rings (SSSR count).